The minimum atomic E-state index is -0.285. The lowest BCUT2D eigenvalue weighted by molar-refractivity contribution is -0.118. The van der Waals surface area contributed by atoms with Crippen molar-refractivity contribution in [3.8, 4) is 5.69 Å². The molecule has 0 bridgehead atoms. The zero-order chi connectivity index (χ0) is 23.3. The van der Waals surface area contributed by atoms with Crippen LogP contribution in [-0.4, -0.2) is 27.4 Å². The third-order valence-electron chi connectivity index (χ3n) is 5.46. The molecule has 0 saturated carbocycles. The summed E-state index contributed by atoms with van der Waals surface area (Å²) in [5, 5.41) is 5.15. The van der Waals surface area contributed by atoms with Crippen LogP contribution >= 0.6 is 23.1 Å². The lowest BCUT2D eigenvalue weighted by Crippen LogP contribution is -2.24. The Hall–Kier alpha value is -3.43. The van der Waals surface area contributed by atoms with Crippen molar-refractivity contribution < 1.29 is 9.21 Å². The van der Waals surface area contributed by atoms with Crippen molar-refractivity contribution in [1.29, 1.82) is 0 Å². The number of allylic oxidation sites excluding steroid dienone is 1. The first-order valence-electron chi connectivity index (χ1n) is 11.0. The molecule has 0 unspecified atom stereocenters. The fourth-order valence-corrected chi connectivity index (χ4v) is 6.03. The van der Waals surface area contributed by atoms with E-state index in [2.05, 4.69) is 10.5 Å². The van der Waals surface area contributed by atoms with E-state index in [9.17, 15) is 9.59 Å². The Morgan fingerprint density at radius 3 is 2.88 bits per heavy atom. The number of benzene rings is 1. The van der Waals surface area contributed by atoms with Crippen LogP contribution in [0.1, 0.15) is 29.0 Å². The van der Waals surface area contributed by atoms with Crippen LogP contribution in [0.4, 0.5) is 0 Å². The Balaban J connectivity index is 1.38. The van der Waals surface area contributed by atoms with E-state index in [-0.39, 0.29) is 17.2 Å². The number of fused-ring (bicyclic) bond motifs is 3. The summed E-state index contributed by atoms with van der Waals surface area (Å²) in [5.41, 5.74) is 4.32. The lowest BCUT2D eigenvalue weighted by atomic mass is 9.97. The highest BCUT2D eigenvalue weighted by Gasteiger charge is 2.23. The molecule has 0 aliphatic heterocycles. The molecular formula is C25H22N4O3S2. The summed E-state index contributed by atoms with van der Waals surface area (Å²) in [7, 11) is 0. The smallest absolute Gasteiger partial charge is 0.267 e. The van der Waals surface area contributed by atoms with Crippen LogP contribution < -0.4 is 11.0 Å². The number of hydrogen-bond acceptors (Lipinski definition) is 7. The summed E-state index contributed by atoms with van der Waals surface area (Å²) in [5.74, 6) is 0.491. The molecule has 0 fully saturated rings. The van der Waals surface area contributed by atoms with Crippen molar-refractivity contribution in [2.24, 2.45) is 5.10 Å². The van der Waals surface area contributed by atoms with Crippen molar-refractivity contribution in [3.63, 3.8) is 0 Å². The number of aromatic nitrogens is 2. The highest BCUT2D eigenvalue weighted by Crippen LogP contribution is 2.35. The Morgan fingerprint density at radius 1 is 1.21 bits per heavy atom. The van der Waals surface area contributed by atoms with Gasteiger partial charge in [0.2, 0.25) is 0 Å². The highest BCUT2D eigenvalue weighted by molar-refractivity contribution is 7.99. The molecule has 4 aromatic rings. The van der Waals surface area contributed by atoms with E-state index in [0.717, 1.165) is 47.2 Å². The van der Waals surface area contributed by atoms with Crippen LogP contribution in [-0.2, 0) is 17.6 Å². The fraction of sp³-hybridized carbons (Fsp3) is 0.200. The summed E-state index contributed by atoms with van der Waals surface area (Å²) in [6, 6.07) is 13.1. The predicted molar refractivity (Wildman–Crippen MR) is 137 cm³/mol. The van der Waals surface area contributed by atoms with Crippen LogP contribution in [0, 0.1) is 0 Å². The summed E-state index contributed by atoms with van der Waals surface area (Å²) in [6.45, 7) is 0. The van der Waals surface area contributed by atoms with E-state index in [4.69, 9.17) is 9.40 Å². The average molecular weight is 491 g/mol. The Morgan fingerprint density at radius 2 is 2.06 bits per heavy atom. The number of hydrogen-bond donors (Lipinski definition) is 1. The number of aryl methyl sites for hydroxylation is 2. The number of carbonyl (C=O) groups is 1. The normalized spacial score (nSPS) is 13.6. The minimum Gasteiger partial charge on any atom is -0.465 e. The number of nitrogens with one attached hydrogen (secondary N) is 1. The monoisotopic (exact) mass is 490 g/mol. The van der Waals surface area contributed by atoms with Crippen LogP contribution in [0.2, 0.25) is 0 Å². The Kier molecular flexibility index (Phi) is 6.73. The van der Waals surface area contributed by atoms with Crippen LogP contribution in [0.25, 0.3) is 22.0 Å². The molecule has 9 heteroatoms. The number of nitrogens with zero attached hydrogens (tertiary/aromatic N) is 3. The Labute approximate surface area is 204 Å². The first-order valence-corrected chi connectivity index (χ1v) is 12.8. The topological polar surface area (TPSA) is 89.5 Å². The molecule has 1 aromatic carbocycles. The summed E-state index contributed by atoms with van der Waals surface area (Å²) >= 11 is 2.83. The second-order valence-corrected chi connectivity index (χ2v) is 9.76. The second-order valence-electron chi connectivity index (χ2n) is 7.74. The number of amides is 1. The highest BCUT2D eigenvalue weighted by atomic mass is 32.2. The van der Waals surface area contributed by atoms with Gasteiger partial charge < -0.3 is 4.42 Å². The molecule has 3 aromatic heterocycles. The first-order chi connectivity index (χ1) is 16.7. The van der Waals surface area contributed by atoms with Gasteiger partial charge in [-0.3, -0.25) is 14.2 Å². The molecule has 0 atom stereocenters. The molecule has 1 amide bonds. The van der Waals surface area contributed by atoms with Crippen LogP contribution in [0.3, 0.4) is 0 Å². The van der Waals surface area contributed by atoms with E-state index in [0.29, 0.717) is 10.9 Å². The van der Waals surface area contributed by atoms with E-state index in [1.165, 1.54) is 22.9 Å². The molecule has 7 nitrogen and oxygen atoms in total. The number of thioether (sulfide) groups is 1. The quantitative estimate of drug-likeness (QED) is 0.174. The Bertz CT molecular complexity index is 1420. The molecule has 1 aliphatic carbocycles. The molecule has 3 heterocycles. The van der Waals surface area contributed by atoms with Gasteiger partial charge in [0.1, 0.15) is 10.6 Å². The van der Waals surface area contributed by atoms with E-state index >= 15 is 0 Å². The van der Waals surface area contributed by atoms with Crippen molar-refractivity contribution in [2.75, 3.05) is 5.75 Å². The van der Waals surface area contributed by atoms with E-state index in [1.807, 2.05) is 36.4 Å². The molecule has 0 radical (unpaired) electrons. The number of rotatable bonds is 7. The van der Waals surface area contributed by atoms with Gasteiger partial charge in [0.05, 0.1) is 23.1 Å². The third-order valence-corrected chi connectivity index (χ3v) is 7.58. The van der Waals surface area contributed by atoms with Gasteiger partial charge in [-0.2, -0.15) is 5.10 Å². The molecule has 1 aliphatic rings. The SMILES string of the molecule is O=C(CSc1nc2sc3c(c2c(=O)n1-c1ccccc1)CCCC3)N/N=C/C=C/c1ccco1. The maximum absolute atomic E-state index is 13.6. The van der Waals surface area contributed by atoms with Crippen LogP contribution in [0.15, 0.2) is 74.3 Å². The third kappa shape index (κ3) is 4.76. The van der Waals surface area contributed by atoms with Gasteiger partial charge in [-0.15, -0.1) is 11.3 Å². The molecule has 34 heavy (non-hydrogen) atoms. The molecule has 172 valence electrons. The van der Waals surface area contributed by atoms with Gasteiger partial charge in [-0.05, 0) is 67.7 Å². The number of para-hydroxylation sites is 1. The minimum absolute atomic E-state index is 0.0698. The fourth-order valence-electron chi connectivity index (χ4n) is 3.93. The maximum atomic E-state index is 13.6. The molecule has 0 spiro atoms. The first kappa shape index (κ1) is 22.4. The van der Waals surface area contributed by atoms with Gasteiger partial charge in [0, 0.05) is 11.1 Å². The number of thiophene rings is 1. The zero-order valence-corrected chi connectivity index (χ0v) is 19.9. The molecular weight excluding hydrogens is 468 g/mol. The second kappa shape index (κ2) is 10.2. The number of hydrazone groups is 1. The summed E-state index contributed by atoms with van der Waals surface area (Å²) in [4.78, 5) is 32.9. The van der Waals surface area contributed by atoms with Crippen molar-refractivity contribution >= 4 is 51.5 Å². The number of furan rings is 1. The van der Waals surface area contributed by atoms with Crippen LogP contribution in [0.5, 0.6) is 0 Å². The lowest BCUT2D eigenvalue weighted by Gasteiger charge is -2.13. The zero-order valence-electron chi connectivity index (χ0n) is 18.3. The largest absolute Gasteiger partial charge is 0.465 e. The van der Waals surface area contributed by atoms with Gasteiger partial charge >= 0.3 is 0 Å². The van der Waals surface area contributed by atoms with Gasteiger partial charge in [0.15, 0.2) is 5.16 Å². The van der Waals surface area contributed by atoms with Crippen molar-refractivity contribution in [1.82, 2.24) is 15.0 Å². The average Bonchev–Trinajstić information content (AvgIpc) is 3.50. The summed E-state index contributed by atoms with van der Waals surface area (Å²) in [6.07, 6.45) is 10.6. The van der Waals surface area contributed by atoms with Crippen molar-refractivity contribution in [3.05, 3.63) is 81.4 Å². The summed E-state index contributed by atoms with van der Waals surface area (Å²) < 4.78 is 6.81. The van der Waals surface area contributed by atoms with Crippen molar-refractivity contribution in [2.45, 2.75) is 30.8 Å². The van der Waals surface area contributed by atoms with E-state index in [1.54, 1.807) is 40.4 Å². The predicted octanol–water partition coefficient (Wildman–Crippen LogP) is 4.83. The van der Waals surface area contributed by atoms with Gasteiger partial charge in [0.25, 0.3) is 11.5 Å². The maximum Gasteiger partial charge on any atom is 0.267 e. The van der Waals surface area contributed by atoms with Gasteiger partial charge in [-0.1, -0.05) is 30.0 Å². The molecule has 1 N–H and O–H groups in total. The number of carbonyl (C=O) groups excluding carboxylic acids is 1. The molecule has 0 saturated heterocycles. The molecule has 5 rings (SSSR count). The van der Waals surface area contributed by atoms with Gasteiger partial charge in [-0.25, -0.2) is 10.4 Å². The standard InChI is InChI=1S/C25H22N4O3S2/c30-21(28-26-14-6-10-18-11-7-15-32-18)16-33-25-27-23-22(19-12-4-5-13-20(19)34-23)24(31)29(25)17-8-2-1-3-9-17/h1-3,6-11,14-15H,4-5,12-13,16H2,(H,28,30)/b10-6+,26-14+. The van der Waals surface area contributed by atoms with E-state index < -0.39 is 0 Å².